The highest BCUT2D eigenvalue weighted by Crippen LogP contribution is 2.38. The van der Waals surface area contributed by atoms with E-state index in [-0.39, 0.29) is 25.4 Å². The van der Waals surface area contributed by atoms with Crippen LogP contribution in [0.15, 0.2) is 36.4 Å². The molecule has 22 heteroatoms. The lowest BCUT2D eigenvalue weighted by Gasteiger charge is -2.49. The second-order valence-electron chi connectivity index (χ2n) is 26.3. The molecule has 0 unspecified atom stereocenters. The Balaban J connectivity index is 1.26. The molecule has 0 aromatic heterocycles. The van der Waals surface area contributed by atoms with Gasteiger partial charge in [0, 0.05) is 25.3 Å². The van der Waals surface area contributed by atoms with Gasteiger partial charge in [0.1, 0.15) is 54.9 Å². The summed E-state index contributed by atoms with van der Waals surface area (Å²) >= 11 is 0. The molecule has 93 heavy (non-hydrogen) atoms. The Morgan fingerprint density at radius 3 is 1.57 bits per heavy atom. The zero-order valence-electron chi connectivity index (χ0n) is 56.5. The first-order valence-corrected chi connectivity index (χ1v) is 35.7. The van der Waals surface area contributed by atoms with Crippen molar-refractivity contribution in [1.82, 2.24) is 0 Å². The quantitative estimate of drug-likeness (QED) is 0.0169. The van der Waals surface area contributed by atoms with E-state index in [1.165, 1.54) is 25.0 Å². The van der Waals surface area contributed by atoms with Crippen LogP contribution in [0.3, 0.4) is 0 Å². The average Bonchev–Trinajstić information content (AvgIpc) is 0.783. The molecular formula is C71H116O22. The van der Waals surface area contributed by atoms with Crippen LogP contribution >= 0.6 is 0 Å². The second kappa shape index (κ2) is 42.8. The Labute approximate surface area is 552 Å². The summed E-state index contributed by atoms with van der Waals surface area (Å²) in [5.41, 5.74) is 0.686. The zero-order chi connectivity index (χ0) is 67.1. The Bertz CT molecular complexity index is 2280. The van der Waals surface area contributed by atoms with E-state index in [9.17, 15) is 49.8 Å². The van der Waals surface area contributed by atoms with Gasteiger partial charge < -0.3 is 87.5 Å². The number of ether oxygens (including phenoxy) is 12. The number of aliphatic hydroxyl groups is 6. The van der Waals surface area contributed by atoms with Crippen LogP contribution in [0.2, 0.25) is 0 Å². The number of unbranched alkanes of at least 4 members (excludes halogenated alkanes) is 16. The Morgan fingerprint density at radius 1 is 0.495 bits per heavy atom. The summed E-state index contributed by atoms with van der Waals surface area (Å²) in [7, 11) is 0. The number of esters is 4. The highest BCUT2D eigenvalue weighted by molar-refractivity contribution is 5.87. The molecular weight excluding hydrogens is 1200 g/mol. The fourth-order valence-corrected chi connectivity index (χ4v) is 13.0. The van der Waals surface area contributed by atoms with Gasteiger partial charge in [-0.25, -0.2) is 4.79 Å². The summed E-state index contributed by atoms with van der Waals surface area (Å²) in [5.74, 6) is -2.86. The number of benzene rings is 1. The van der Waals surface area contributed by atoms with Crippen LogP contribution in [0, 0.1) is 0 Å². The number of hydrogen-bond acceptors (Lipinski definition) is 22. The SMILES string of the molecule is CCCCCCCCCCCC(=O)O[C@H]1[C@H](O[C@@H]2[C@@H](O)[C@H]3OC(=O)CCCCCCCCC[C@H](CCCCC)O[C@@H]4O[C@H](CO)[C@@H](O)[C@H](O)[C@H]4O[C@@H]3O[C@H]2C)O[C@@H](C)[C@H](O[C@@H]2O[C@@H](C)[C@H](OC(=O)CCCCCCCCC)[C@@H](O)[C@H]2OC(=O)C=Cc2ccccc2)[C@H]1O. The van der Waals surface area contributed by atoms with Crippen molar-refractivity contribution in [2.45, 2.75) is 370 Å². The fraction of sp³-hybridized carbons (Fsp3) is 0.831. The summed E-state index contributed by atoms with van der Waals surface area (Å²) < 4.78 is 75.7. The van der Waals surface area contributed by atoms with Gasteiger partial charge in [-0.1, -0.05) is 199 Å². The molecule has 21 atom stereocenters. The summed E-state index contributed by atoms with van der Waals surface area (Å²) in [4.78, 5) is 54.9. The minimum Gasteiger partial charge on any atom is -0.457 e. The predicted octanol–water partition coefficient (Wildman–Crippen LogP) is 9.81. The van der Waals surface area contributed by atoms with E-state index in [0.717, 1.165) is 135 Å². The number of carbonyl (C=O) groups is 4. The number of fused-ring (bicyclic) bond motifs is 2. The lowest BCUT2D eigenvalue weighted by atomic mass is 9.95. The van der Waals surface area contributed by atoms with E-state index in [2.05, 4.69) is 20.8 Å². The van der Waals surface area contributed by atoms with Gasteiger partial charge in [0.15, 0.2) is 49.6 Å². The van der Waals surface area contributed by atoms with Crippen molar-refractivity contribution in [3.8, 4) is 0 Å². The Hall–Kier alpha value is -3.72. The topological polar surface area (TPSA) is 300 Å². The van der Waals surface area contributed by atoms with E-state index in [1.54, 1.807) is 45.0 Å². The van der Waals surface area contributed by atoms with Crippen LogP contribution < -0.4 is 0 Å². The molecule has 0 aliphatic carbocycles. The van der Waals surface area contributed by atoms with Gasteiger partial charge in [-0.15, -0.1) is 0 Å². The molecule has 532 valence electrons. The molecule has 0 bridgehead atoms. The minimum absolute atomic E-state index is 0.0157. The monoisotopic (exact) mass is 1320 g/mol. The van der Waals surface area contributed by atoms with Gasteiger partial charge in [-0.3, -0.25) is 14.4 Å². The summed E-state index contributed by atoms with van der Waals surface area (Å²) in [5, 5.41) is 70.6. The molecule has 0 saturated carbocycles. The summed E-state index contributed by atoms with van der Waals surface area (Å²) in [6.07, 6.45) is -2.11. The average molecular weight is 1320 g/mol. The first-order valence-electron chi connectivity index (χ1n) is 35.7. The third-order valence-corrected chi connectivity index (χ3v) is 18.6. The molecule has 22 nitrogen and oxygen atoms in total. The van der Waals surface area contributed by atoms with Crippen LogP contribution in [0.4, 0.5) is 0 Å². The lowest BCUT2D eigenvalue weighted by molar-refractivity contribution is -0.388. The maximum atomic E-state index is 14.0. The van der Waals surface area contributed by atoms with Crippen molar-refractivity contribution in [3.05, 3.63) is 42.0 Å². The van der Waals surface area contributed by atoms with Crippen molar-refractivity contribution in [2.24, 2.45) is 0 Å². The van der Waals surface area contributed by atoms with Gasteiger partial charge in [-0.05, 0) is 64.5 Å². The first kappa shape index (κ1) is 78.3. The molecule has 5 aliphatic rings. The van der Waals surface area contributed by atoms with E-state index < -0.39 is 153 Å². The van der Waals surface area contributed by atoms with Crippen molar-refractivity contribution in [1.29, 1.82) is 0 Å². The smallest absolute Gasteiger partial charge is 0.331 e. The zero-order valence-corrected chi connectivity index (χ0v) is 56.5. The number of aliphatic hydroxyl groups excluding tert-OH is 6. The molecule has 5 fully saturated rings. The first-order chi connectivity index (χ1) is 45.0. The maximum Gasteiger partial charge on any atom is 0.331 e. The standard InChI is InChI=1S/C71H116O22/c1-7-10-13-15-17-18-22-26-34-41-53(74)88-66-59(80)62(91-68-65(90-55(76)44-43-49-36-30-28-31-37-49)58(79)61(46(4)82-68)87-52(73)40-33-25-20-16-14-11-8-2)47(5)83-69(66)92-63-48(6)84-70-67(60(63)81)89-54(75)42-35-27-23-19-21-24-32-39-50(38-29-12-9-3)85-71-64(93-70)57(78)56(77)51(45-72)86-71/h28,30-31,36-37,43-44,46-48,50-51,56-72,77-81H,7-27,29,32-35,38-42,45H2,1-6H3/t46-,47-,48-,50-,51+,56+,57-,58+,59+,60+,61-,62-,63-,64+,65+,66+,67+,68-,69-,70-,71+/m0/s1. The molecule has 0 spiro atoms. The number of rotatable bonds is 32. The molecule has 6 rings (SSSR count). The molecule has 0 amide bonds. The molecule has 1 aromatic rings. The highest BCUT2D eigenvalue weighted by atomic mass is 16.8. The van der Waals surface area contributed by atoms with Crippen LogP contribution in [0.5, 0.6) is 0 Å². The Kier molecular flexibility index (Phi) is 36.1. The van der Waals surface area contributed by atoms with Gasteiger partial charge >= 0.3 is 23.9 Å². The third kappa shape index (κ3) is 25.6. The molecule has 5 heterocycles. The molecule has 1 aromatic carbocycles. The molecule has 5 saturated heterocycles. The largest absolute Gasteiger partial charge is 0.457 e. The van der Waals surface area contributed by atoms with Gasteiger partial charge in [-0.2, -0.15) is 0 Å². The summed E-state index contributed by atoms with van der Waals surface area (Å²) in [6.45, 7) is 10.4. The van der Waals surface area contributed by atoms with Crippen molar-refractivity contribution >= 4 is 30.0 Å². The van der Waals surface area contributed by atoms with Crippen LogP contribution in [-0.2, 0) is 76.0 Å². The fourth-order valence-electron chi connectivity index (χ4n) is 13.0. The van der Waals surface area contributed by atoms with Crippen LogP contribution in [0.25, 0.3) is 6.08 Å². The van der Waals surface area contributed by atoms with Crippen molar-refractivity contribution in [3.63, 3.8) is 0 Å². The molecule has 6 N–H and O–H groups in total. The normalized spacial score (nSPS) is 34.3. The van der Waals surface area contributed by atoms with Gasteiger partial charge in [0.25, 0.3) is 0 Å². The van der Waals surface area contributed by atoms with E-state index >= 15 is 0 Å². The molecule has 0 radical (unpaired) electrons. The predicted molar refractivity (Wildman–Crippen MR) is 343 cm³/mol. The van der Waals surface area contributed by atoms with Crippen molar-refractivity contribution in [2.75, 3.05) is 6.61 Å². The van der Waals surface area contributed by atoms with E-state index in [0.29, 0.717) is 37.7 Å². The molecule has 5 aliphatic heterocycles. The second-order valence-corrected chi connectivity index (χ2v) is 26.3. The minimum atomic E-state index is -1.81. The third-order valence-electron chi connectivity index (χ3n) is 18.6. The number of hydrogen-bond donors (Lipinski definition) is 6. The lowest BCUT2D eigenvalue weighted by Crippen LogP contribution is -2.67. The van der Waals surface area contributed by atoms with Gasteiger partial charge in [0.2, 0.25) is 0 Å². The van der Waals surface area contributed by atoms with E-state index in [1.807, 2.05) is 6.07 Å². The van der Waals surface area contributed by atoms with E-state index in [4.69, 9.17) is 56.8 Å². The van der Waals surface area contributed by atoms with Crippen LogP contribution in [-0.4, -0.2) is 190 Å². The maximum absolute atomic E-state index is 14.0. The van der Waals surface area contributed by atoms with Crippen LogP contribution in [0.1, 0.15) is 246 Å². The number of carbonyl (C=O) groups excluding carboxylic acids is 4. The summed E-state index contributed by atoms with van der Waals surface area (Å²) in [6, 6.07) is 8.98. The van der Waals surface area contributed by atoms with Gasteiger partial charge in [0.05, 0.1) is 31.0 Å². The Morgan fingerprint density at radius 2 is 0.978 bits per heavy atom. The highest BCUT2D eigenvalue weighted by Gasteiger charge is 2.57. The van der Waals surface area contributed by atoms with Crippen molar-refractivity contribution < 1.29 is 107 Å².